The second-order valence-electron chi connectivity index (χ2n) is 6.48. The van der Waals surface area contributed by atoms with Gasteiger partial charge in [0.2, 0.25) is 5.91 Å². The second kappa shape index (κ2) is 7.87. The number of nitrogens with one attached hydrogen (secondary N) is 2. The molecule has 4 nitrogen and oxygen atoms in total. The molecule has 2 atom stereocenters. The largest absolute Gasteiger partial charge is 0.354 e. The van der Waals surface area contributed by atoms with Crippen LogP contribution in [0.25, 0.3) is 0 Å². The highest BCUT2D eigenvalue weighted by Crippen LogP contribution is 2.49. The van der Waals surface area contributed by atoms with Gasteiger partial charge in [-0.3, -0.25) is 9.59 Å². The van der Waals surface area contributed by atoms with E-state index in [2.05, 4.69) is 10.6 Å². The third kappa shape index (κ3) is 4.22. The van der Waals surface area contributed by atoms with Crippen LogP contribution in [0.3, 0.4) is 0 Å². The molecule has 1 aliphatic carbocycles. The van der Waals surface area contributed by atoms with Crippen molar-refractivity contribution in [3.05, 3.63) is 70.0 Å². The Kier molecular flexibility index (Phi) is 5.57. The zero-order valence-corrected chi connectivity index (χ0v) is 15.1. The Balaban J connectivity index is 1.41. The molecule has 3 rings (SSSR count). The lowest BCUT2D eigenvalue weighted by molar-refractivity contribution is -0.122. The fourth-order valence-corrected chi connectivity index (χ4v) is 3.21. The van der Waals surface area contributed by atoms with E-state index in [1.165, 1.54) is 6.07 Å². The summed E-state index contributed by atoms with van der Waals surface area (Å²) >= 11 is 6.16. The van der Waals surface area contributed by atoms with E-state index in [9.17, 15) is 14.0 Å². The topological polar surface area (TPSA) is 58.2 Å². The van der Waals surface area contributed by atoms with E-state index in [4.69, 9.17) is 11.6 Å². The lowest BCUT2D eigenvalue weighted by Crippen LogP contribution is -2.35. The van der Waals surface area contributed by atoms with Crippen LogP contribution in [0.5, 0.6) is 0 Å². The molecule has 2 aromatic carbocycles. The summed E-state index contributed by atoms with van der Waals surface area (Å²) < 4.78 is 13.5. The molecule has 2 unspecified atom stereocenters. The van der Waals surface area contributed by atoms with Crippen molar-refractivity contribution in [2.45, 2.75) is 19.3 Å². The predicted octanol–water partition coefficient (Wildman–Crippen LogP) is 3.44. The molecule has 0 bridgehead atoms. The van der Waals surface area contributed by atoms with Gasteiger partial charge in [-0.15, -0.1) is 0 Å². The molecule has 0 radical (unpaired) electrons. The summed E-state index contributed by atoms with van der Waals surface area (Å²) in [6, 6.07) is 11.9. The highest BCUT2D eigenvalue weighted by Gasteiger charge is 2.44. The molecule has 2 aromatic rings. The highest BCUT2D eigenvalue weighted by molar-refractivity contribution is 6.31. The molecule has 26 heavy (non-hydrogen) atoms. The number of amides is 2. The van der Waals surface area contributed by atoms with Gasteiger partial charge >= 0.3 is 0 Å². The van der Waals surface area contributed by atoms with Gasteiger partial charge in [0, 0.05) is 29.6 Å². The van der Waals surface area contributed by atoms with Crippen LogP contribution in [0.4, 0.5) is 4.39 Å². The van der Waals surface area contributed by atoms with Crippen molar-refractivity contribution in [2.24, 2.45) is 5.92 Å². The molecular formula is C20H20ClFN2O2. The minimum absolute atomic E-state index is 0.0365. The number of hydrogen-bond acceptors (Lipinski definition) is 2. The van der Waals surface area contributed by atoms with Crippen LogP contribution in [-0.2, 0) is 4.79 Å². The molecule has 0 aromatic heterocycles. The Bertz CT molecular complexity index is 840. The van der Waals surface area contributed by atoms with E-state index in [1.807, 2.05) is 24.3 Å². The summed E-state index contributed by atoms with van der Waals surface area (Å²) in [5, 5.41) is 6.18. The Morgan fingerprint density at radius 3 is 2.62 bits per heavy atom. The first-order valence-corrected chi connectivity index (χ1v) is 8.91. The quantitative estimate of drug-likeness (QED) is 0.761. The number of aryl methyl sites for hydroxylation is 1. The lowest BCUT2D eigenvalue weighted by atomic mass is 10.1. The Morgan fingerprint density at radius 1 is 1.15 bits per heavy atom. The Labute approximate surface area is 156 Å². The third-order valence-corrected chi connectivity index (χ3v) is 4.92. The van der Waals surface area contributed by atoms with Gasteiger partial charge in [0.1, 0.15) is 5.82 Å². The number of hydrogen-bond donors (Lipinski definition) is 2. The molecular weight excluding hydrogens is 355 g/mol. The number of carbonyl (C=O) groups excluding carboxylic acids is 2. The summed E-state index contributed by atoms with van der Waals surface area (Å²) in [4.78, 5) is 24.1. The van der Waals surface area contributed by atoms with Crippen LogP contribution in [0.1, 0.15) is 33.8 Å². The Hall–Kier alpha value is -2.40. The summed E-state index contributed by atoms with van der Waals surface area (Å²) in [6.07, 6.45) is 0.782. The molecule has 0 aliphatic heterocycles. The van der Waals surface area contributed by atoms with Crippen molar-refractivity contribution in [3.63, 3.8) is 0 Å². The van der Waals surface area contributed by atoms with Gasteiger partial charge in [0.25, 0.3) is 5.91 Å². The number of halogens is 2. The molecule has 0 heterocycles. The monoisotopic (exact) mass is 374 g/mol. The zero-order valence-electron chi connectivity index (χ0n) is 14.4. The van der Waals surface area contributed by atoms with Gasteiger partial charge in [0.15, 0.2) is 0 Å². The average molecular weight is 375 g/mol. The first-order valence-electron chi connectivity index (χ1n) is 8.54. The molecule has 0 saturated heterocycles. The van der Waals surface area contributed by atoms with Crippen LogP contribution in [0.15, 0.2) is 42.5 Å². The fourth-order valence-electron chi connectivity index (χ4n) is 2.93. The van der Waals surface area contributed by atoms with E-state index in [-0.39, 0.29) is 35.8 Å². The van der Waals surface area contributed by atoms with Crippen LogP contribution in [-0.4, -0.2) is 24.9 Å². The van der Waals surface area contributed by atoms with Gasteiger partial charge in [-0.1, -0.05) is 35.9 Å². The number of benzene rings is 2. The van der Waals surface area contributed by atoms with Crippen molar-refractivity contribution in [1.29, 1.82) is 0 Å². The molecule has 2 amide bonds. The van der Waals surface area contributed by atoms with Gasteiger partial charge in [-0.2, -0.15) is 0 Å². The number of carbonyl (C=O) groups is 2. The summed E-state index contributed by atoms with van der Waals surface area (Å²) in [5.41, 5.74) is 1.76. The minimum atomic E-state index is -0.412. The van der Waals surface area contributed by atoms with Crippen molar-refractivity contribution in [3.8, 4) is 0 Å². The predicted molar refractivity (Wildman–Crippen MR) is 98.8 cm³/mol. The maximum absolute atomic E-state index is 13.5. The standard InChI is InChI=1S/C20H20ClFN2O2/c1-12-6-7-13(10-18(12)22)19(25)23-8-9-24-20(26)16-11-15(16)14-4-2-3-5-17(14)21/h2-7,10,15-16H,8-9,11H2,1H3,(H,23,25)(H,24,26). The SMILES string of the molecule is Cc1ccc(C(=O)NCCNC(=O)C2CC2c2ccccc2Cl)cc1F. The summed E-state index contributed by atoms with van der Waals surface area (Å²) in [7, 11) is 0. The van der Waals surface area contributed by atoms with Crippen molar-refractivity contribution >= 4 is 23.4 Å². The van der Waals surface area contributed by atoms with E-state index in [1.54, 1.807) is 19.1 Å². The van der Waals surface area contributed by atoms with E-state index in [0.29, 0.717) is 17.1 Å². The maximum Gasteiger partial charge on any atom is 0.251 e. The Morgan fingerprint density at radius 2 is 1.88 bits per heavy atom. The third-order valence-electron chi connectivity index (χ3n) is 4.58. The van der Waals surface area contributed by atoms with Crippen molar-refractivity contribution in [1.82, 2.24) is 10.6 Å². The molecule has 1 saturated carbocycles. The zero-order chi connectivity index (χ0) is 18.7. The van der Waals surface area contributed by atoms with Crippen molar-refractivity contribution in [2.75, 3.05) is 13.1 Å². The van der Waals surface area contributed by atoms with Gasteiger partial charge < -0.3 is 10.6 Å². The molecule has 136 valence electrons. The van der Waals surface area contributed by atoms with Gasteiger partial charge in [0.05, 0.1) is 0 Å². The van der Waals surface area contributed by atoms with E-state index >= 15 is 0 Å². The van der Waals surface area contributed by atoms with Gasteiger partial charge in [-0.05, 0) is 48.6 Å². The van der Waals surface area contributed by atoms with Crippen LogP contribution in [0.2, 0.25) is 5.02 Å². The molecule has 2 N–H and O–H groups in total. The summed E-state index contributed by atoms with van der Waals surface area (Å²) in [6.45, 7) is 2.24. The molecule has 1 aliphatic rings. The molecule has 0 spiro atoms. The normalized spacial score (nSPS) is 18.3. The highest BCUT2D eigenvalue weighted by atomic mass is 35.5. The van der Waals surface area contributed by atoms with Gasteiger partial charge in [-0.25, -0.2) is 4.39 Å². The van der Waals surface area contributed by atoms with Crippen LogP contribution in [0, 0.1) is 18.7 Å². The average Bonchev–Trinajstić information content (AvgIpc) is 3.41. The molecule has 1 fully saturated rings. The van der Waals surface area contributed by atoms with E-state index < -0.39 is 5.82 Å². The fraction of sp³-hybridized carbons (Fsp3) is 0.300. The van der Waals surface area contributed by atoms with E-state index in [0.717, 1.165) is 12.0 Å². The first-order chi connectivity index (χ1) is 12.5. The van der Waals surface area contributed by atoms with Crippen LogP contribution >= 0.6 is 11.6 Å². The van der Waals surface area contributed by atoms with Crippen LogP contribution < -0.4 is 10.6 Å². The lowest BCUT2D eigenvalue weighted by Gasteiger charge is -2.08. The molecule has 6 heteroatoms. The first kappa shape index (κ1) is 18.4. The second-order valence-corrected chi connectivity index (χ2v) is 6.89. The van der Waals surface area contributed by atoms with Crippen molar-refractivity contribution < 1.29 is 14.0 Å². The number of rotatable bonds is 6. The summed E-state index contributed by atoms with van der Waals surface area (Å²) in [5.74, 6) is -0.722. The minimum Gasteiger partial charge on any atom is -0.354 e. The smallest absolute Gasteiger partial charge is 0.251 e. The maximum atomic E-state index is 13.5.